The molecule has 2 aliphatic rings. The van der Waals surface area contributed by atoms with E-state index in [0.717, 1.165) is 68.6 Å². The Morgan fingerprint density at radius 1 is 1.25 bits per heavy atom. The van der Waals surface area contributed by atoms with Gasteiger partial charge < -0.3 is 24.4 Å². The van der Waals surface area contributed by atoms with Crippen molar-refractivity contribution in [1.82, 2.24) is 10.2 Å². The quantitative estimate of drug-likeness (QED) is 0.545. The fourth-order valence-electron chi connectivity index (χ4n) is 3.93. The highest BCUT2D eigenvalue weighted by Gasteiger charge is 2.20. The van der Waals surface area contributed by atoms with E-state index in [1.807, 2.05) is 6.07 Å². The van der Waals surface area contributed by atoms with Gasteiger partial charge in [-0.25, -0.2) is 4.99 Å². The molecule has 1 saturated carbocycles. The SMILES string of the molecule is CCNC(=NCc1ccc(OC)c(OC2CCCC2)c1)N(C)CC1CCOC1. The van der Waals surface area contributed by atoms with Crippen LogP contribution in [0.5, 0.6) is 11.5 Å². The average molecular weight is 390 g/mol. The number of benzene rings is 1. The molecule has 1 aromatic rings. The van der Waals surface area contributed by atoms with E-state index in [4.69, 9.17) is 19.2 Å². The van der Waals surface area contributed by atoms with E-state index in [9.17, 15) is 0 Å². The molecule has 0 aromatic heterocycles. The van der Waals surface area contributed by atoms with Crippen LogP contribution in [0.1, 0.15) is 44.6 Å². The van der Waals surface area contributed by atoms with E-state index < -0.39 is 0 Å². The molecule has 1 aromatic carbocycles. The molecular weight excluding hydrogens is 354 g/mol. The predicted octanol–water partition coefficient (Wildman–Crippen LogP) is 3.45. The van der Waals surface area contributed by atoms with Crippen molar-refractivity contribution in [3.8, 4) is 11.5 Å². The van der Waals surface area contributed by atoms with Crippen molar-refractivity contribution in [1.29, 1.82) is 0 Å². The number of ether oxygens (including phenoxy) is 3. The first kappa shape index (κ1) is 20.8. The molecule has 1 saturated heterocycles. The fourth-order valence-corrected chi connectivity index (χ4v) is 3.93. The Morgan fingerprint density at radius 2 is 2.07 bits per heavy atom. The maximum atomic E-state index is 6.22. The third kappa shape index (κ3) is 5.77. The van der Waals surface area contributed by atoms with E-state index in [1.165, 1.54) is 12.8 Å². The third-order valence-corrected chi connectivity index (χ3v) is 5.49. The molecule has 1 N–H and O–H groups in total. The van der Waals surface area contributed by atoms with Crippen molar-refractivity contribution in [2.24, 2.45) is 10.9 Å². The van der Waals surface area contributed by atoms with Crippen molar-refractivity contribution >= 4 is 5.96 Å². The summed E-state index contributed by atoms with van der Waals surface area (Å²) >= 11 is 0. The van der Waals surface area contributed by atoms with E-state index in [-0.39, 0.29) is 0 Å². The van der Waals surface area contributed by atoms with Gasteiger partial charge in [0, 0.05) is 32.7 Å². The largest absolute Gasteiger partial charge is 0.493 e. The van der Waals surface area contributed by atoms with E-state index in [1.54, 1.807) is 7.11 Å². The highest BCUT2D eigenvalue weighted by atomic mass is 16.5. The number of aliphatic imine (C=N–C) groups is 1. The van der Waals surface area contributed by atoms with Crippen LogP contribution in [0.4, 0.5) is 0 Å². The van der Waals surface area contributed by atoms with E-state index in [0.29, 0.717) is 18.6 Å². The van der Waals surface area contributed by atoms with Crippen LogP contribution >= 0.6 is 0 Å². The molecule has 1 unspecified atom stereocenters. The maximum absolute atomic E-state index is 6.22. The number of methoxy groups -OCH3 is 1. The van der Waals surface area contributed by atoms with Gasteiger partial charge in [0.2, 0.25) is 0 Å². The van der Waals surface area contributed by atoms with Crippen molar-refractivity contribution in [3.63, 3.8) is 0 Å². The predicted molar refractivity (Wildman–Crippen MR) is 112 cm³/mol. The fraction of sp³-hybridized carbons (Fsp3) is 0.682. The van der Waals surface area contributed by atoms with Gasteiger partial charge in [0.15, 0.2) is 17.5 Å². The zero-order valence-electron chi connectivity index (χ0n) is 17.6. The summed E-state index contributed by atoms with van der Waals surface area (Å²) in [4.78, 5) is 7.06. The van der Waals surface area contributed by atoms with Crippen molar-refractivity contribution < 1.29 is 14.2 Å². The molecule has 0 radical (unpaired) electrons. The summed E-state index contributed by atoms with van der Waals surface area (Å²) in [5.41, 5.74) is 1.13. The summed E-state index contributed by atoms with van der Waals surface area (Å²) in [7, 11) is 3.79. The van der Waals surface area contributed by atoms with Crippen LogP contribution in [0, 0.1) is 5.92 Å². The zero-order valence-corrected chi connectivity index (χ0v) is 17.6. The minimum Gasteiger partial charge on any atom is -0.493 e. The van der Waals surface area contributed by atoms with Gasteiger partial charge in [-0.05, 0) is 56.7 Å². The molecule has 1 aliphatic heterocycles. The highest BCUT2D eigenvalue weighted by Crippen LogP contribution is 2.32. The second kappa shape index (κ2) is 10.6. The smallest absolute Gasteiger partial charge is 0.193 e. The van der Waals surface area contributed by atoms with Crippen molar-refractivity contribution in [2.45, 2.75) is 51.7 Å². The van der Waals surface area contributed by atoms with Gasteiger partial charge in [0.25, 0.3) is 0 Å². The molecule has 1 heterocycles. The maximum Gasteiger partial charge on any atom is 0.193 e. The topological polar surface area (TPSA) is 55.3 Å². The lowest BCUT2D eigenvalue weighted by Gasteiger charge is -2.24. The number of hydrogen-bond acceptors (Lipinski definition) is 4. The lowest BCUT2D eigenvalue weighted by atomic mass is 10.1. The molecule has 3 rings (SSSR count). The molecule has 1 atom stereocenters. The molecular formula is C22H35N3O3. The highest BCUT2D eigenvalue weighted by molar-refractivity contribution is 5.79. The number of hydrogen-bond donors (Lipinski definition) is 1. The van der Waals surface area contributed by atoms with Gasteiger partial charge in [-0.2, -0.15) is 0 Å². The first-order valence-corrected chi connectivity index (χ1v) is 10.6. The van der Waals surface area contributed by atoms with Crippen LogP contribution in [0.25, 0.3) is 0 Å². The Hall–Kier alpha value is -1.95. The summed E-state index contributed by atoms with van der Waals surface area (Å²) in [5.74, 6) is 3.15. The number of guanidine groups is 1. The molecule has 156 valence electrons. The van der Waals surface area contributed by atoms with Crippen LogP contribution < -0.4 is 14.8 Å². The van der Waals surface area contributed by atoms with Crippen molar-refractivity contribution in [2.75, 3.05) is 40.5 Å². The van der Waals surface area contributed by atoms with Gasteiger partial charge in [0.1, 0.15) is 0 Å². The number of rotatable bonds is 8. The van der Waals surface area contributed by atoms with Gasteiger partial charge in [-0.15, -0.1) is 0 Å². The summed E-state index contributed by atoms with van der Waals surface area (Å²) in [6, 6.07) is 6.13. The number of nitrogens with zero attached hydrogens (tertiary/aromatic N) is 2. The van der Waals surface area contributed by atoms with Gasteiger partial charge in [0.05, 0.1) is 26.4 Å². The van der Waals surface area contributed by atoms with Crippen molar-refractivity contribution in [3.05, 3.63) is 23.8 Å². The Balaban J connectivity index is 1.66. The standard InChI is InChI=1S/C22H35N3O3/c1-4-23-22(25(2)15-18-11-12-27-16-18)24-14-17-9-10-20(26-3)21(13-17)28-19-7-5-6-8-19/h9-10,13,18-19H,4-8,11-12,14-16H2,1-3H3,(H,23,24). The molecule has 0 bridgehead atoms. The molecule has 0 amide bonds. The van der Waals surface area contributed by atoms with Gasteiger partial charge in [-0.1, -0.05) is 6.07 Å². The molecule has 6 heteroatoms. The second-order valence-corrected chi connectivity index (χ2v) is 7.79. The summed E-state index contributed by atoms with van der Waals surface area (Å²) in [5, 5.41) is 3.40. The number of nitrogens with one attached hydrogen (secondary N) is 1. The molecule has 1 aliphatic carbocycles. The normalized spacial score (nSPS) is 20.4. The third-order valence-electron chi connectivity index (χ3n) is 5.49. The van der Waals surface area contributed by atoms with Gasteiger partial charge >= 0.3 is 0 Å². The summed E-state index contributed by atoms with van der Waals surface area (Å²) < 4.78 is 17.2. The Kier molecular flexibility index (Phi) is 7.83. The van der Waals surface area contributed by atoms with E-state index >= 15 is 0 Å². The van der Waals surface area contributed by atoms with Crippen LogP contribution in [0.2, 0.25) is 0 Å². The minimum atomic E-state index is 0.310. The lowest BCUT2D eigenvalue weighted by Crippen LogP contribution is -2.41. The van der Waals surface area contributed by atoms with Crippen LogP contribution in [-0.2, 0) is 11.3 Å². The molecule has 6 nitrogen and oxygen atoms in total. The van der Waals surface area contributed by atoms with Crippen LogP contribution in [0.15, 0.2) is 23.2 Å². The van der Waals surface area contributed by atoms with Crippen LogP contribution in [-0.4, -0.2) is 57.4 Å². The molecule has 0 spiro atoms. The minimum absolute atomic E-state index is 0.310. The molecule has 28 heavy (non-hydrogen) atoms. The lowest BCUT2D eigenvalue weighted by molar-refractivity contribution is 0.181. The second-order valence-electron chi connectivity index (χ2n) is 7.79. The van der Waals surface area contributed by atoms with Crippen LogP contribution in [0.3, 0.4) is 0 Å². The monoisotopic (exact) mass is 389 g/mol. The molecule has 2 fully saturated rings. The van der Waals surface area contributed by atoms with Gasteiger partial charge in [-0.3, -0.25) is 0 Å². The Bertz CT molecular complexity index is 638. The Morgan fingerprint density at radius 3 is 2.75 bits per heavy atom. The zero-order chi connectivity index (χ0) is 19.8. The Labute approximate surface area is 169 Å². The van der Waals surface area contributed by atoms with E-state index in [2.05, 4.69) is 36.3 Å². The summed E-state index contributed by atoms with van der Waals surface area (Å²) in [6.07, 6.45) is 6.20. The first-order chi connectivity index (χ1) is 13.7. The summed E-state index contributed by atoms with van der Waals surface area (Å²) in [6.45, 7) is 6.25. The average Bonchev–Trinajstić information content (AvgIpc) is 3.39. The first-order valence-electron chi connectivity index (χ1n) is 10.6.